The minimum absolute atomic E-state index is 0.132. The number of rotatable bonds is 4. The Bertz CT molecular complexity index is 640. The SMILES string of the molecule is Cc1ncsc1C(=O)OCCn1ncc(C#N)c1N. The number of esters is 1. The highest BCUT2D eigenvalue weighted by molar-refractivity contribution is 7.11. The maximum atomic E-state index is 11.7. The van der Waals surface area contributed by atoms with E-state index in [-0.39, 0.29) is 12.4 Å². The summed E-state index contributed by atoms with van der Waals surface area (Å²) in [6.07, 6.45) is 1.38. The number of nitriles is 1. The molecule has 8 heteroatoms. The van der Waals surface area contributed by atoms with Crippen molar-refractivity contribution in [2.75, 3.05) is 12.3 Å². The average molecular weight is 277 g/mol. The zero-order valence-electron chi connectivity index (χ0n) is 10.2. The van der Waals surface area contributed by atoms with Crippen LogP contribution in [0, 0.1) is 18.3 Å². The van der Waals surface area contributed by atoms with Gasteiger partial charge in [0.25, 0.3) is 0 Å². The Morgan fingerprint density at radius 3 is 3.05 bits per heavy atom. The average Bonchev–Trinajstić information content (AvgIpc) is 2.96. The van der Waals surface area contributed by atoms with Gasteiger partial charge in [0.2, 0.25) is 0 Å². The van der Waals surface area contributed by atoms with Gasteiger partial charge in [-0.05, 0) is 6.92 Å². The molecule has 7 nitrogen and oxygen atoms in total. The normalized spacial score (nSPS) is 10.1. The number of hydrogen-bond acceptors (Lipinski definition) is 7. The summed E-state index contributed by atoms with van der Waals surface area (Å²) >= 11 is 1.24. The molecule has 2 heterocycles. The summed E-state index contributed by atoms with van der Waals surface area (Å²) in [6.45, 7) is 2.18. The number of carbonyl (C=O) groups is 1. The summed E-state index contributed by atoms with van der Waals surface area (Å²) in [6, 6.07) is 1.92. The fourth-order valence-electron chi connectivity index (χ4n) is 1.45. The van der Waals surface area contributed by atoms with E-state index in [1.807, 2.05) is 6.07 Å². The first-order valence-corrected chi connectivity index (χ1v) is 6.30. The molecule has 0 saturated heterocycles. The molecule has 2 N–H and O–H groups in total. The Morgan fingerprint density at radius 1 is 1.68 bits per heavy atom. The van der Waals surface area contributed by atoms with Crippen LogP contribution >= 0.6 is 11.3 Å². The smallest absolute Gasteiger partial charge is 0.350 e. The van der Waals surface area contributed by atoms with Crippen molar-refractivity contribution in [2.24, 2.45) is 0 Å². The Morgan fingerprint density at radius 2 is 2.47 bits per heavy atom. The second kappa shape index (κ2) is 5.49. The molecule has 0 radical (unpaired) electrons. The highest BCUT2D eigenvalue weighted by Crippen LogP contribution is 2.13. The summed E-state index contributed by atoms with van der Waals surface area (Å²) in [5.74, 6) is -0.140. The molecule has 2 rings (SSSR count). The first-order chi connectivity index (χ1) is 9.13. The first-order valence-electron chi connectivity index (χ1n) is 5.42. The van der Waals surface area contributed by atoms with Crippen LogP contribution in [0.4, 0.5) is 5.82 Å². The molecule has 0 aliphatic rings. The number of thiazole rings is 1. The fraction of sp³-hybridized carbons (Fsp3) is 0.273. The number of aryl methyl sites for hydroxylation is 1. The van der Waals surface area contributed by atoms with Crippen LogP contribution in [0.15, 0.2) is 11.7 Å². The molecule has 2 aromatic rings. The topological polar surface area (TPSA) is 107 Å². The lowest BCUT2D eigenvalue weighted by Gasteiger charge is -2.05. The molecule has 98 valence electrons. The van der Waals surface area contributed by atoms with E-state index in [1.165, 1.54) is 22.2 Å². The van der Waals surface area contributed by atoms with E-state index < -0.39 is 5.97 Å². The number of nitrogens with zero attached hydrogens (tertiary/aromatic N) is 4. The van der Waals surface area contributed by atoms with Crippen molar-refractivity contribution >= 4 is 23.1 Å². The van der Waals surface area contributed by atoms with Gasteiger partial charge in [-0.15, -0.1) is 11.3 Å². The third kappa shape index (κ3) is 2.71. The van der Waals surface area contributed by atoms with Gasteiger partial charge in [-0.25, -0.2) is 14.5 Å². The van der Waals surface area contributed by atoms with Crippen LogP contribution in [0.3, 0.4) is 0 Å². The molecule has 0 aliphatic heterocycles. The van der Waals surface area contributed by atoms with Gasteiger partial charge in [-0.3, -0.25) is 0 Å². The molecule has 0 amide bonds. The number of carbonyl (C=O) groups excluding carboxylic acids is 1. The first kappa shape index (κ1) is 13.0. The number of anilines is 1. The number of hydrogen-bond donors (Lipinski definition) is 1. The highest BCUT2D eigenvalue weighted by Gasteiger charge is 2.13. The molecule has 0 unspecified atom stereocenters. The Balaban J connectivity index is 1.91. The zero-order chi connectivity index (χ0) is 13.8. The van der Waals surface area contributed by atoms with Gasteiger partial charge >= 0.3 is 5.97 Å². The maximum Gasteiger partial charge on any atom is 0.350 e. The molecule has 0 fully saturated rings. The van der Waals surface area contributed by atoms with Gasteiger partial charge in [0.15, 0.2) is 0 Å². The van der Waals surface area contributed by atoms with Gasteiger partial charge in [-0.1, -0.05) is 0 Å². The lowest BCUT2D eigenvalue weighted by molar-refractivity contribution is 0.0493. The molecule has 0 aliphatic carbocycles. The molecule has 0 aromatic carbocycles. The Labute approximate surface area is 113 Å². The van der Waals surface area contributed by atoms with E-state index in [0.29, 0.717) is 22.7 Å². The van der Waals surface area contributed by atoms with Crippen molar-refractivity contribution < 1.29 is 9.53 Å². The van der Waals surface area contributed by atoms with Crippen molar-refractivity contribution in [3.63, 3.8) is 0 Å². The van der Waals surface area contributed by atoms with E-state index in [2.05, 4.69) is 10.1 Å². The fourth-order valence-corrected chi connectivity index (χ4v) is 2.14. The molecule has 0 spiro atoms. The largest absolute Gasteiger partial charge is 0.459 e. The number of ether oxygens (including phenoxy) is 1. The summed E-state index contributed by atoms with van der Waals surface area (Å²) in [7, 11) is 0. The van der Waals surface area contributed by atoms with Gasteiger partial charge in [-0.2, -0.15) is 10.4 Å². The van der Waals surface area contributed by atoms with Gasteiger partial charge < -0.3 is 10.5 Å². The number of nitrogen functional groups attached to an aromatic ring is 1. The summed E-state index contributed by atoms with van der Waals surface area (Å²) in [5.41, 5.74) is 8.24. The van der Waals surface area contributed by atoms with Crippen LogP contribution < -0.4 is 5.73 Å². The van der Waals surface area contributed by atoms with Crippen LogP contribution in [-0.4, -0.2) is 27.3 Å². The lowest BCUT2D eigenvalue weighted by atomic mass is 10.4. The Hall–Kier alpha value is -2.40. The minimum Gasteiger partial charge on any atom is -0.459 e. The van der Waals surface area contributed by atoms with Crippen molar-refractivity contribution in [3.8, 4) is 6.07 Å². The molecular weight excluding hydrogens is 266 g/mol. The molecule has 2 aromatic heterocycles. The van der Waals surface area contributed by atoms with Crippen LogP contribution in [0.5, 0.6) is 0 Å². The third-order valence-electron chi connectivity index (χ3n) is 2.47. The van der Waals surface area contributed by atoms with E-state index in [9.17, 15) is 4.79 Å². The van der Waals surface area contributed by atoms with Crippen molar-refractivity contribution in [3.05, 3.63) is 27.8 Å². The lowest BCUT2D eigenvalue weighted by Crippen LogP contribution is -2.13. The monoisotopic (exact) mass is 277 g/mol. The second-order valence-electron chi connectivity index (χ2n) is 3.68. The van der Waals surface area contributed by atoms with Gasteiger partial charge in [0.1, 0.15) is 28.9 Å². The summed E-state index contributed by atoms with van der Waals surface area (Å²) in [4.78, 5) is 16.2. The van der Waals surface area contributed by atoms with E-state index in [4.69, 9.17) is 15.7 Å². The van der Waals surface area contributed by atoms with E-state index in [0.717, 1.165) is 0 Å². The minimum atomic E-state index is -0.411. The Kier molecular flexibility index (Phi) is 3.77. The summed E-state index contributed by atoms with van der Waals surface area (Å²) < 4.78 is 6.52. The summed E-state index contributed by atoms with van der Waals surface area (Å²) in [5, 5.41) is 12.7. The predicted molar refractivity (Wildman–Crippen MR) is 68.5 cm³/mol. The van der Waals surface area contributed by atoms with Crippen LogP contribution in [0.1, 0.15) is 20.9 Å². The third-order valence-corrected chi connectivity index (χ3v) is 3.38. The quantitative estimate of drug-likeness (QED) is 0.834. The highest BCUT2D eigenvalue weighted by atomic mass is 32.1. The van der Waals surface area contributed by atoms with Crippen molar-refractivity contribution in [1.29, 1.82) is 5.26 Å². The van der Waals surface area contributed by atoms with Crippen LogP contribution in [0.2, 0.25) is 0 Å². The number of nitrogens with two attached hydrogens (primary N) is 1. The van der Waals surface area contributed by atoms with E-state index in [1.54, 1.807) is 12.4 Å². The van der Waals surface area contributed by atoms with Gasteiger partial charge in [0.05, 0.1) is 23.9 Å². The molecule has 0 bridgehead atoms. The van der Waals surface area contributed by atoms with Crippen LogP contribution in [-0.2, 0) is 11.3 Å². The molecule has 0 saturated carbocycles. The molecule has 19 heavy (non-hydrogen) atoms. The predicted octanol–water partition coefficient (Wildman–Crippen LogP) is 0.959. The van der Waals surface area contributed by atoms with Crippen molar-refractivity contribution in [1.82, 2.24) is 14.8 Å². The van der Waals surface area contributed by atoms with Crippen molar-refractivity contribution in [2.45, 2.75) is 13.5 Å². The molecular formula is C11H11N5O2S. The second-order valence-corrected chi connectivity index (χ2v) is 4.54. The maximum absolute atomic E-state index is 11.7. The van der Waals surface area contributed by atoms with E-state index >= 15 is 0 Å². The zero-order valence-corrected chi connectivity index (χ0v) is 11.0. The van der Waals surface area contributed by atoms with Gasteiger partial charge in [0, 0.05) is 0 Å². The standard InChI is InChI=1S/C11H11N5O2S/c1-7-9(19-6-14-7)11(17)18-3-2-16-10(13)8(4-12)5-15-16/h5-6H,2-3,13H2,1H3. The molecule has 0 atom stereocenters. The van der Waals surface area contributed by atoms with Crippen LogP contribution in [0.25, 0.3) is 0 Å². The number of aromatic nitrogens is 3.